The van der Waals surface area contributed by atoms with E-state index in [4.69, 9.17) is 19.2 Å². The van der Waals surface area contributed by atoms with Crippen molar-refractivity contribution in [2.75, 3.05) is 37.8 Å². The minimum Gasteiger partial charge on any atom is -0.491 e. The smallest absolute Gasteiger partial charge is 0.214 e. The summed E-state index contributed by atoms with van der Waals surface area (Å²) in [6, 6.07) is 5.92. The Morgan fingerprint density at radius 3 is 2.91 bits per heavy atom. The van der Waals surface area contributed by atoms with E-state index in [1.807, 2.05) is 39.0 Å². The van der Waals surface area contributed by atoms with E-state index in [0.29, 0.717) is 37.8 Å². The van der Waals surface area contributed by atoms with Crippen LogP contribution >= 0.6 is 0 Å². The molecule has 3 aromatic heterocycles. The number of rotatable bonds is 8. The van der Waals surface area contributed by atoms with Gasteiger partial charge < -0.3 is 24.2 Å². The zero-order valence-electron chi connectivity index (χ0n) is 19.5. The molecule has 4 heterocycles. The fourth-order valence-corrected chi connectivity index (χ4v) is 3.75. The Kier molecular flexibility index (Phi) is 7.08. The highest BCUT2D eigenvalue weighted by molar-refractivity contribution is 5.95. The molecule has 0 bridgehead atoms. The number of hydrogen-bond donors (Lipinski definition) is 3. The number of H-pyrrole nitrogens is 1. The summed E-state index contributed by atoms with van der Waals surface area (Å²) in [5.74, 6) is 1.51. The molecule has 0 amide bonds. The largest absolute Gasteiger partial charge is 0.491 e. The second-order valence-corrected chi connectivity index (χ2v) is 9.01. The molecule has 1 unspecified atom stereocenters. The fourth-order valence-electron chi connectivity index (χ4n) is 3.75. The van der Waals surface area contributed by atoms with Crippen LogP contribution in [0.2, 0.25) is 0 Å². The van der Waals surface area contributed by atoms with Gasteiger partial charge in [0.2, 0.25) is 6.41 Å². The summed E-state index contributed by atoms with van der Waals surface area (Å²) in [5.41, 5.74) is 1.78. The van der Waals surface area contributed by atoms with E-state index in [0.717, 1.165) is 29.0 Å². The molecule has 178 valence electrons. The normalized spacial score (nSPS) is 18.0. The van der Waals surface area contributed by atoms with Gasteiger partial charge in [0, 0.05) is 36.9 Å². The van der Waals surface area contributed by atoms with Crippen molar-refractivity contribution in [2.24, 2.45) is 0 Å². The number of aromatic nitrogens is 4. The molecule has 0 spiro atoms. The standard InChI is InChI=1S/C23H32N6O4/c1-15-14-31-12-10-29(15)19-13-18(32-11-9-25-22(30)33-23(2,3)4)16-5-7-24-21(20(16)27-19)17-6-8-26-28-17/h5-8,13,15,22,25,30H,9-12,14H2,1-4H3,(H,26,28)/t15-,22?/m1/s1. The van der Waals surface area contributed by atoms with Crippen LogP contribution in [0.3, 0.4) is 0 Å². The molecular weight excluding hydrogens is 424 g/mol. The van der Waals surface area contributed by atoms with E-state index in [1.54, 1.807) is 12.4 Å². The Bertz CT molecular complexity index is 1050. The van der Waals surface area contributed by atoms with Crippen LogP contribution in [-0.2, 0) is 9.47 Å². The Morgan fingerprint density at radius 1 is 1.33 bits per heavy atom. The first kappa shape index (κ1) is 23.4. The first-order chi connectivity index (χ1) is 15.8. The van der Waals surface area contributed by atoms with Crippen LogP contribution in [0.5, 0.6) is 5.75 Å². The highest BCUT2D eigenvalue weighted by Gasteiger charge is 2.23. The number of ether oxygens (including phenoxy) is 3. The Balaban J connectivity index is 1.61. The van der Waals surface area contributed by atoms with Crippen LogP contribution in [0, 0.1) is 0 Å². The van der Waals surface area contributed by atoms with Crippen molar-refractivity contribution in [1.29, 1.82) is 0 Å². The second kappa shape index (κ2) is 10.0. The molecule has 1 fully saturated rings. The third-order valence-corrected chi connectivity index (χ3v) is 5.24. The molecule has 3 aromatic rings. The summed E-state index contributed by atoms with van der Waals surface area (Å²) in [6.07, 6.45) is 2.37. The lowest BCUT2D eigenvalue weighted by atomic mass is 10.1. The van der Waals surface area contributed by atoms with Crippen molar-refractivity contribution >= 4 is 16.7 Å². The van der Waals surface area contributed by atoms with Gasteiger partial charge in [0.05, 0.1) is 30.6 Å². The lowest BCUT2D eigenvalue weighted by Crippen LogP contribution is -2.44. The first-order valence-corrected chi connectivity index (χ1v) is 11.2. The molecule has 0 radical (unpaired) electrons. The van der Waals surface area contributed by atoms with E-state index < -0.39 is 12.0 Å². The number of fused-ring (bicyclic) bond motifs is 1. The molecule has 3 N–H and O–H groups in total. The highest BCUT2D eigenvalue weighted by atomic mass is 16.6. The first-order valence-electron chi connectivity index (χ1n) is 11.2. The van der Waals surface area contributed by atoms with Crippen LogP contribution in [0.25, 0.3) is 22.3 Å². The van der Waals surface area contributed by atoms with Gasteiger partial charge in [-0.3, -0.25) is 15.4 Å². The Hall–Kier alpha value is -2.79. The number of nitrogens with zero attached hydrogens (tertiary/aromatic N) is 4. The number of morpholine rings is 1. The maximum absolute atomic E-state index is 10.0. The van der Waals surface area contributed by atoms with Crippen molar-refractivity contribution in [1.82, 2.24) is 25.5 Å². The Morgan fingerprint density at radius 2 is 2.18 bits per heavy atom. The average Bonchev–Trinajstić information content (AvgIpc) is 3.30. The Labute approximate surface area is 193 Å². The summed E-state index contributed by atoms with van der Waals surface area (Å²) in [5, 5.41) is 20.8. The van der Waals surface area contributed by atoms with Crippen LogP contribution in [0.1, 0.15) is 27.7 Å². The van der Waals surface area contributed by atoms with E-state index >= 15 is 0 Å². The summed E-state index contributed by atoms with van der Waals surface area (Å²) in [6.45, 7) is 10.6. The predicted molar refractivity (Wildman–Crippen MR) is 125 cm³/mol. The topological polar surface area (TPSA) is 118 Å². The van der Waals surface area contributed by atoms with Crippen molar-refractivity contribution in [2.45, 2.75) is 45.8 Å². The van der Waals surface area contributed by atoms with Gasteiger partial charge in [-0.05, 0) is 39.8 Å². The van der Waals surface area contributed by atoms with E-state index in [9.17, 15) is 5.11 Å². The van der Waals surface area contributed by atoms with E-state index in [1.165, 1.54) is 0 Å². The van der Waals surface area contributed by atoms with Crippen molar-refractivity contribution in [3.8, 4) is 17.1 Å². The van der Waals surface area contributed by atoms with Gasteiger partial charge in [0.25, 0.3) is 0 Å². The van der Waals surface area contributed by atoms with Crippen LogP contribution in [-0.4, -0.2) is 76.2 Å². The molecule has 2 atom stereocenters. The summed E-state index contributed by atoms with van der Waals surface area (Å²) >= 11 is 0. The third kappa shape index (κ3) is 5.77. The average molecular weight is 457 g/mol. The van der Waals surface area contributed by atoms with Crippen LogP contribution in [0.4, 0.5) is 5.82 Å². The summed E-state index contributed by atoms with van der Waals surface area (Å²) in [7, 11) is 0. The third-order valence-electron chi connectivity index (χ3n) is 5.24. The quantitative estimate of drug-likeness (QED) is 0.347. The van der Waals surface area contributed by atoms with Gasteiger partial charge in [0.15, 0.2) is 0 Å². The van der Waals surface area contributed by atoms with Gasteiger partial charge >= 0.3 is 0 Å². The fraction of sp³-hybridized carbons (Fsp3) is 0.522. The van der Waals surface area contributed by atoms with Crippen molar-refractivity contribution in [3.05, 3.63) is 30.6 Å². The molecule has 0 saturated carbocycles. The molecule has 1 saturated heterocycles. The van der Waals surface area contributed by atoms with Gasteiger partial charge in [-0.25, -0.2) is 4.98 Å². The summed E-state index contributed by atoms with van der Waals surface area (Å²) in [4.78, 5) is 11.7. The van der Waals surface area contributed by atoms with E-state index in [2.05, 4.69) is 32.3 Å². The van der Waals surface area contributed by atoms with Crippen LogP contribution < -0.4 is 15.0 Å². The number of anilines is 1. The number of hydrogen-bond acceptors (Lipinski definition) is 9. The molecular formula is C23H32N6O4. The number of nitrogens with one attached hydrogen (secondary N) is 2. The SMILES string of the molecule is C[C@@H]1COCCN1c1cc(OCCNC(O)OC(C)(C)C)c2ccnc(-c3ccn[nH]3)c2n1. The predicted octanol–water partition coefficient (Wildman–Crippen LogP) is 2.30. The lowest BCUT2D eigenvalue weighted by molar-refractivity contribution is -0.181. The molecule has 0 aliphatic carbocycles. The van der Waals surface area contributed by atoms with Gasteiger partial charge in [-0.15, -0.1) is 0 Å². The summed E-state index contributed by atoms with van der Waals surface area (Å²) < 4.78 is 17.2. The maximum Gasteiger partial charge on any atom is 0.214 e. The zero-order valence-corrected chi connectivity index (χ0v) is 19.5. The highest BCUT2D eigenvalue weighted by Crippen LogP contribution is 2.34. The van der Waals surface area contributed by atoms with Crippen molar-refractivity contribution < 1.29 is 19.3 Å². The monoisotopic (exact) mass is 456 g/mol. The molecule has 1 aliphatic rings. The number of aromatic amines is 1. The minimum absolute atomic E-state index is 0.190. The lowest BCUT2D eigenvalue weighted by Gasteiger charge is -2.34. The molecule has 0 aromatic carbocycles. The molecule has 33 heavy (non-hydrogen) atoms. The number of pyridine rings is 2. The number of aliphatic hydroxyl groups excluding tert-OH is 1. The second-order valence-electron chi connectivity index (χ2n) is 9.01. The molecule has 4 rings (SSSR count). The van der Waals surface area contributed by atoms with E-state index in [-0.39, 0.29) is 6.04 Å². The number of aliphatic hydroxyl groups is 1. The van der Waals surface area contributed by atoms with Crippen molar-refractivity contribution in [3.63, 3.8) is 0 Å². The van der Waals surface area contributed by atoms with Gasteiger partial charge in [0.1, 0.15) is 29.4 Å². The maximum atomic E-state index is 10.0. The van der Waals surface area contributed by atoms with Crippen LogP contribution in [0.15, 0.2) is 30.6 Å². The van der Waals surface area contributed by atoms with Gasteiger partial charge in [-0.2, -0.15) is 5.10 Å². The molecule has 10 heteroatoms. The van der Waals surface area contributed by atoms with Gasteiger partial charge in [-0.1, -0.05) is 0 Å². The molecule has 10 nitrogen and oxygen atoms in total. The minimum atomic E-state index is -1.07. The molecule has 1 aliphatic heterocycles. The zero-order chi connectivity index (χ0) is 23.4.